The predicted octanol–water partition coefficient (Wildman–Crippen LogP) is 5.47. The Hall–Kier alpha value is -3.41. The molecular weight excluding hydrogens is 548 g/mol. The number of anilines is 1. The normalized spacial score (nSPS) is 11.1. The van der Waals surface area contributed by atoms with Crippen LogP contribution in [0.15, 0.2) is 59.1 Å². The van der Waals surface area contributed by atoms with Gasteiger partial charge in [-0.05, 0) is 57.1 Å². The molecule has 5 aromatic rings. The van der Waals surface area contributed by atoms with Crippen molar-refractivity contribution in [3.8, 4) is 16.3 Å². The van der Waals surface area contributed by atoms with Crippen molar-refractivity contribution in [3.63, 3.8) is 0 Å². The largest absolute Gasteiger partial charge is 0.495 e. The lowest BCUT2D eigenvalue weighted by atomic mass is 10.1. The van der Waals surface area contributed by atoms with Gasteiger partial charge in [-0.15, -0.1) is 10.2 Å². The third-order valence-corrected chi connectivity index (χ3v) is 7.30. The molecule has 2 N–H and O–H groups in total. The molecule has 0 aliphatic rings. The molecule has 5 rings (SSSR count). The Morgan fingerprint density at radius 1 is 1.17 bits per heavy atom. The van der Waals surface area contributed by atoms with E-state index >= 15 is 0 Å². The number of carbonyl (C=O) groups is 1. The summed E-state index contributed by atoms with van der Waals surface area (Å²) in [6.45, 7) is 2.02. The van der Waals surface area contributed by atoms with Crippen LogP contribution >= 0.6 is 39.5 Å². The van der Waals surface area contributed by atoms with Crippen molar-refractivity contribution >= 4 is 71.9 Å². The fourth-order valence-corrected chi connectivity index (χ4v) is 5.51. The van der Waals surface area contributed by atoms with Gasteiger partial charge in [0.25, 0.3) is 5.91 Å². The summed E-state index contributed by atoms with van der Waals surface area (Å²) >= 11 is 10.4. The fourth-order valence-electron chi connectivity index (χ4n) is 3.71. The number of hydrogen-bond acceptors (Lipinski definition) is 7. The van der Waals surface area contributed by atoms with Gasteiger partial charge in [-0.2, -0.15) is 9.61 Å². The molecule has 0 saturated carbocycles. The van der Waals surface area contributed by atoms with Gasteiger partial charge in [-0.1, -0.05) is 54.7 Å². The molecule has 0 atom stereocenters. The maximum absolute atomic E-state index is 13.1. The highest BCUT2D eigenvalue weighted by Gasteiger charge is 2.19. The topological polar surface area (TPSA) is 93.4 Å². The number of ether oxygens (including phenoxy) is 1. The summed E-state index contributed by atoms with van der Waals surface area (Å²) in [5, 5.41) is 21.6. The summed E-state index contributed by atoms with van der Waals surface area (Å²) in [4.78, 5) is 13.8. The van der Waals surface area contributed by atoms with Gasteiger partial charge in [-0.25, -0.2) is 0 Å². The van der Waals surface area contributed by atoms with Gasteiger partial charge in [0.1, 0.15) is 10.8 Å². The van der Waals surface area contributed by atoms with Crippen LogP contribution in [0.1, 0.15) is 23.1 Å². The maximum atomic E-state index is 13.1. The van der Waals surface area contributed by atoms with Crippen LogP contribution in [0.5, 0.6) is 5.75 Å². The summed E-state index contributed by atoms with van der Waals surface area (Å²) < 4.78 is 7.99. The van der Waals surface area contributed by atoms with E-state index in [4.69, 9.17) is 17.0 Å². The van der Waals surface area contributed by atoms with Gasteiger partial charge in [-0.3, -0.25) is 10.1 Å². The van der Waals surface area contributed by atoms with Gasteiger partial charge in [0, 0.05) is 17.7 Å². The Kier molecular flexibility index (Phi) is 6.46. The zero-order valence-electron chi connectivity index (χ0n) is 18.7. The Balaban J connectivity index is 1.35. The molecule has 2 aromatic heterocycles. The standard InChI is InChI=1S/C24H19BrN6O2S2/c1-3-18-28-29-24-31(18)30-22(35-24)14-8-6-9-15(11-14)26-23(34)27-21(32)17-12-13-7-4-5-10-16(13)19(25)20(17)33-2/h4-12H,3H2,1-2H3,(H2,26,27,32,34). The lowest BCUT2D eigenvalue weighted by Gasteiger charge is -2.14. The third-order valence-electron chi connectivity index (χ3n) is 5.36. The molecule has 3 aromatic carbocycles. The highest BCUT2D eigenvalue weighted by atomic mass is 79.9. The zero-order chi connectivity index (χ0) is 24.5. The second kappa shape index (κ2) is 9.68. The minimum atomic E-state index is -0.372. The SMILES string of the molecule is CCc1nnc2sc(-c3cccc(NC(=S)NC(=O)c4cc5ccccc5c(Br)c4OC)c3)nn12. The number of methoxy groups -OCH3 is 1. The van der Waals surface area contributed by atoms with Crippen LogP contribution < -0.4 is 15.4 Å². The number of hydrogen-bond donors (Lipinski definition) is 2. The number of amides is 1. The van der Waals surface area contributed by atoms with Crippen molar-refractivity contribution in [2.45, 2.75) is 13.3 Å². The van der Waals surface area contributed by atoms with E-state index in [1.807, 2.05) is 55.5 Å². The van der Waals surface area contributed by atoms with E-state index in [0.29, 0.717) is 15.8 Å². The number of aryl methyl sites for hydroxylation is 1. The van der Waals surface area contributed by atoms with E-state index in [1.54, 1.807) is 10.6 Å². The number of rotatable bonds is 5. The fraction of sp³-hybridized carbons (Fsp3) is 0.125. The van der Waals surface area contributed by atoms with E-state index in [9.17, 15) is 4.79 Å². The number of fused-ring (bicyclic) bond motifs is 2. The number of carbonyl (C=O) groups excluding carboxylic acids is 1. The van der Waals surface area contributed by atoms with Crippen LogP contribution in [0, 0.1) is 0 Å². The molecule has 0 bridgehead atoms. The molecular formula is C24H19BrN6O2S2. The molecule has 0 unspecified atom stereocenters. The van der Waals surface area contributed by atoms with Crippen LogP contribution in [-0.2, 0) is 6.42 Å². The summed E-state index contributed by atoms with van der Waals surface area (Å²) in [5.41, 5.74) is 2.00. The molecule has 8 nitrogen and oxygen atoms in total. The quantitative estimate of drug-likeness (QED) is 0.272. The van der Waals surface area contributed by atoms with E-state index in [0.717, 1.165) is 44.2 Å². The number of halogens is 1. The third kappa shape index (κ3) is 4.49. The Labute approximate surface area is 218 Å². The molecule has 0 aliphatic carbocycles. The van der Waals surface area contributed by atoms with Gasteiger partial charge in [0.2, 0.25) is 4.96 Å². The molecule has 0 spiro atoms. The molecule has 0 aliphatic heterocycles. The first-order valence-corrected chi connectivity index (χ1v) is 12.7. The maximum Gasteiger partial charge on any atom is 0.261 e. The molecule has 0 saturated heterocycles. The first-order valence-electron chi connectivity index (χ1n) is 10.7. The summed E-state index contributed by atoms with van der Waals surface area (Å²) in [6, 6.07) is 17.2. The van der Waals surface area contributed by atoms with Gasteiger partial charge in [0.15, 0.2) is 10.9 Å². The van der Waals surface area contributed by atoms with E-state index in [1.165, 1.54) is 18.4 Å². The first kappa shape index (κ1) is 23.3. The summed E-state index contributed by atoms with van der Waals surface area (Å²) in [7, 11) is 1.53. The monoisotopic (exact) mass is 566 g/mol. The lowest BCUT2D eigenvalue weighted by Crippen LogP contribution is -2.34. The molecule has 1 amide bonds. The van der Waals surface area contributed by atoms with E-state index < -0.39 is 0 Å². The van der Waals surface area contributed by atoms with Crippen LogP contribution in [0.2, 0.25) is 0 Å². The van der Waals surface area contributed by atoms with Gasteiger partial charge >= 0.3 is 0 Å². The smallest absolute Gasteiger partial charge is 0.261 e. The van der Waals surface area contributed by atoms with Crippen molar-refractivity contribution in [1.82, 2.24) is 25.1 Å². The number of nitrogens with one attached hydrogen (secondary N) is 2. The second-order valence-electron chi connectivity index (χ2n) is 7.55. The van der Waals surface area contributed by atoms with Crippen LogP contribution in [0.25, 0.3) is 26.3 Å². The lowest BCUT2D eigenvalue weighted by molar-refractivity contribution is 0.0975. The van der Waals surface area contributed by atoms with Gasteiger partial charge < -0.3 is 10.1 Å². The molecule has 176 valence electrons. The number of aromatic nitrogens is 4. The molecule has 35 heavy (non-hydrogen) atoms. The van der Waals surface area contributed by atoms with Crippen molar-refractivity contribution < 1.29 is 9.53 Å². The summed E-state index contributed by atoms with van der Waals surface area (Å²) in [5.74, 6) is 0.889. The van der Waals surface area contributed by atoms with Crippen LogP contribution in [0.3, 0.4) is 0 Å². The minimum Gasteiger partial charge on any atom is -0.495 e. The Morgan fingerprint density at radius 2 is 2.00 bits per heavy atom. The number of thiocarbonyl (C=S) groups is 1. The number of benzene rings is 3. The average molecular weight is 567 g/mol. The zero-order valence-corrected chi connectivity index (χ0v) is 21.9. The molecule has 0 radical (unpaired) electrons. The van der Waals surface area contributed by atoms with Crippen molar-refractivity contribution in [1.29, 1.82) is 0 Å². The van der Waals surface area contributed by atoms with Crippen molar-refractivity contribution in [2.24, 2.45) is 0 Å². The second-order valence-corrected chi connectivity index (χ2v) is 9.71. The Bertz CT molecular complexity index is 1600. The first-order chi connectivity index (χ1) is 17.0. The average Bonchev–Trinajstić information content (AvgIpc) is 3.45. The molecule has 2 heterocycles. The van der Waals surface area contributed by atoms with Crippen molar-refractivity contribution in [2.75, 3.05) is 12.4 Å². The molecule has 0 fully saturated rings. The van der Waals surface area contributed by atoms with Crippen LogP contribution in [-0.4, -0.2) is 37.9 Å². The number of nitrogens with zero attached hydrogens (tertiary/aromatic N) is 4. The van der Waals surface area contributed by atoms with E-state index in [-0.39, 0.29) is 11.0 Å². The Morgan fingerprint density at radius 3 is 2.80 bits per heavy atom. The minimum absolute atomic E-state index is 0.171. The highest BCUT2D eigenvalue weighted by molar-refractivity contribution is 9.10. The molecule has 11 heteroatoms. The van der Waals surface area contributed by atoms with Crippen molar-refractivity contribution in [3.05, 3.63) is 70.5 Å². The van der Waals surface area contributed by atoms with E-state index in [2.05, 4.69) is 41.9 Å². The van der Waals surface area contributed by atoms with Gasteiger partial charge in [0.05, 0.1) is 17.1 Å². The highest BCUT2D eigenvalue weighted by Crippen LogP contribution is 2.36. The van der Waals surface area contributed by atoms with Crippen LogP contribution in [0.4, 0.5) is 5.69 Å². The summed E-state index contributed by atoms with van der Waals surface area (Å²) in [6.07, 6.45) is 0.748. The predicted molar refractivity (Wildman–Crippen MR) is 145 cm³/mol.